The number of carbonyl (C=O) groups is 1. The van der Waals surface area contributed by atoms with Crippen molar-refractivity contribution in [3.8, 4) is 6.07 Å². The van der Waals surface area contributed by atoms with Crippen LogP contribution in [0, 0.1) is 17.1 Å². The number of nitrogens with two attached hydrogens (primary N) is 1. The molecule has 1 aromatic carbocycles. The summed E-state index contributed by atoms with van der Waals surface area (Å²) >= 11 is 0. The first-order valence-electron chi connectivity index (χ1n) is 9.16. The average molecular weight is 433 g/mol. The topological polar surface area (TPSA) is 113 Å². The van der Waals surface area contributed by atoms with E-state index in [0.717, 1.165) is 19.9 Å². The predicted molar refractivity (Wildman–Crippen MR) is 109 cm³/mol. The fraction of sp³-hybridized carbons (Fsp3) is 0.333. The van der Waals surface area contributed by atoms with Gasteiger partial charge in [0, 0.05) is 17.4 Å². The van der Waals surface area contributed by atoms with E-state index in [0.29, 0.717) is 5.56 Å². The Hall–Kier alpha value is -3.61. The standard InChI is InChI=1S/C21H22F3N5O2/c1-20(2,29-19(26)31-21(3,4)18(23)24)14-9-13(6-7-15(14)22)28-17(30)16-8-5-12(10-25)11-27-16/h5-9,11,18H,1-4H3,(H2,26,29)(H,28,30). The minimum Gasteiger partial charge on any atom is -0.453 e. The molecule has 0 unspecified atom stereocenters. The van der Waals surface area contributed by atoms with E-state index in [1.807, 2.05) is 6.07 Å². The van der Waals surface area contributed by atoms with Crippen LogP contribution in [0.1, 0.15) is 49.3 Å². The molecule has 0 saturated carbocycles. The number of benzene rings is 1. The molecule has 0 atom stereocenters. The van der Waals surface area contributed by atoms with Gasteiger partial charge in [-0.25, -0.2) is 23.1 Å². The smallest absolute Gasteiger partial charge is 0.283 e. The molecule has 31 heavy (non-hydrogen) atoms. The van der Waals surface area contributed by atoms with Gasteiger partial charge in [-0.05, 0) is 58.0 Å². The SMILES string of the molecule is CC(C)(/N=C(/N)OC(C)(C)C(F)F)c1cc(NC(=O)c2ccc(C#N)cn2)ccc1F. The first-order valence-corrected chi connectivity index (χ1v) is 9.16. The van der Waals surface area contributed by atoms with E-state index in [1.54, 1.807) is 0 Å². The number of aliphatic imine (C=N–C) groups is 1. The molecule has 0 bridgehead atoms. The van der Waals surface area contributed by atoms with Crippen molar-refractivity contribution < 1.29 is 22.7 Å². The number of ether oxygens (including phenoxy) is 1. The average Bonchev–Trinajstić information content (AvgIpc) is 2.68. The largest absolute Gasteiger partial charge is 0.453 e. The van der Waals surface area contributed by atoms with Crippen molar-refractivity contribution >= 4 is 17.6 Å². The molecule has 0 fully saturated rings. The van der Waals surface area contributed by atoms with Gasteiger partial charge < -0.3 is 15.8 Å². The second kappa shape index (κ2) is 9.04. The molecule has 3 N–H and O–H groups in total. The molecule has 0 aliphatic carbocycles. The molecule has 1 amide bonds. The second-order valence-corrected chi connectivity index (χ2v) is 7.71. The zero-order chi connectivity index (χ0) is 23.4. The number of amidine groups is 1. The minimum absolute atomic E-state index is 0.0551. The number of rotatable bonds is 6. The molecule has 0 radical (unpaired) electrons. The van der Waals surface area contributed by atoms with Crippen molar-refractivity contribution in [3.63, 3.8) is 0 Å². The molecule has 0 spiro atoms. The maximum Gasteiger partial charge on any atom is 0.283 e. The van der Waals surface area contributed by atoms with Crippen LogP contribution in [0.2, 0.25) is 0 Å². The molecule has 7 nitrogen and oxygen atoms in total. The lowest BCUT2D eigenvalue weighted by molar-refractivity contribution is -0.0608. The van der Waals surface area contributed by atoms with E-state index in [9.17, 15) is 18.0 Å². The molecule has 0 aliphatic heterocycles. The molecule has 2 rings (SSSR count). The van der Waals surface area contributed by atoms with Crippen LogP contribution in [0.25, 0.3) is 0 Å². The Morgan fingerprint density at radius 1 is 1.26 bits per heavy atom. The number of nitrogens with one attached hydrogen (secondary N) is 1. The highest BCUT2D eigenvalue weighted by atomic mass is 19.3. The summed E-state index contributed by atoms with van der Waals surface area (Å²) in [4.78, 5) is 20.3. The van der Waals surface area contributed by atoms with Crippen molar-refractivity contribution in [1.82, 2.24) is 4.98 Å². The number of hydrogen-bond donors (Lipinski definition) is 2. The summed E-state index contributed by atoms with van der Waals surface area (Å²) in [7, 11) is 0. The third-order valence-electron chi connectivity index (χ3n) is 4.29. The van der Waals surface area contributed by atoms with Crippen LogP contribution in [-0.2, 0) is 10.3 Å². The highest BCUT2D eigenvalue weighted by Crippen LogP contribution is 2.30. The van der Waals surface area contributed by atoms with Crippen LogP contribution in [0.15, 0.2) is 41.5 Å². The van der Waals surface area contributed by atoms with Crippen LogP contribution in [0.3, 0.4) is 0 Å². The quantitative estimate of drug-likeness (QED) is 0.529. The van der Waals surface area contributed by atoms with E-state index >= 15 is 0 Å². The van der Waals surface area contributed by atoms with Crippen LogP contribution in [0.5, 0.6) is 0 Å². The van der Waals surface area contributed by atoms with Gasteiger partial charge >= 0.3 is 0 Å². The van der Waals surface area contributed by atoms with Gasteiger partial charge in [0.15, 0.2) is 5.60 Å². The van der Waals surface area contributed by atoms with Gasteiger partial charge in [-0.1, -0.05) is 0 Å². The Labute approximate surface area is 177 Å². The molecule has 2 aromatic rings. The summed E-state index contributed by atoms with van der Waals surface area (Å²) < 4.78 is 45.5. The normalized spacial score (nSPS) is 12.4. The van der Waals surface area contributed by atoms with E-state index < -0.39 is 35.3 Å². The maximum absolute atomic E-state index is 14.5. The Bertz CT molecular complexity index is 1030. The number of hydrogen-bond acceptors (Lipinski definition) is 5. The Kier molecular flexibility index (Phi) is 6.90. The molecule has 1 aromatic heterocycles. The van der Waals surface area contributed by atoms with Gasteiger partial charge in [0.2, 0.25) is 0 Å². The Morgan fingerprint density at radius 3 is 2.48 bits per heavy atom. The zero-order valence-corrected chi connectivity index (χ0v) is 17.4. The number of halogens is 3. The minimum atomic E-state index is -2.81. The first kappa shape index (κ1) is 23.7. The first-order chi connectivity index (χ1) is 14.4. The monoisotopic (exact) mass is 433 g/mol. The van der Waals surface area contributed by atoms with Gasteiger partial charge in [0.25, 0.3) is 18.4 Å². The number of anilines is 1. The number of amides is 1. The lowest BCUT2D eigenvalue weighted by Crippen LogP contribution is -2.39. The van der Waals surface area contributed by atoms with Crippen molar-refractivity contribution in [2.24, 2.45) is 10.7 Å². The number of pyridine rings is 1. The molecular formula is C21H22F3N5O2. The predicted octanol–water partition coefficient (Wildman–Crippen LogP) is 3.95. The van der Waals surface area contributed by atoms with Gasteiger partial charge in [-0.2, -0.15) is 5.26 Å². The van der Waals surface area contributed by atoms with E-state index in [2.05, 4.69) is 15.3 Å². The summed E-state index contributed by atoms with van der Waals surface area (Å²) in [6, 6.07) is 8.04. The van der Waals surface area contributed by atoms with E-state index in [4.69, 9.17) is 15.7 Å². The fourth-order valence-electron chi connectivity index (χ4n) is 2.53. The molecule has 0 saturated heterocycles. The van der Waals surface area contributed by atoms with Crippen LogP contribution in [-0.4, -0.2) is 28.9 Å². The maximum atomic E-state index is 14.5. The van der Waals surface area contributed by atoms with Gasteiger partial charge in [0.05, 0.1) is 11.1 Å². The Balaban J connectivity index is 2.27. The molecule has 10 heteroatoms. The summed E-state index contributed by atoms with van der Waals surface area (Å²) in [5.74, 6) is -1.20. The van der Waals surface area contributed by atoms with Crippen LogP contribution >= 0.6 is 0 Å². The fourth-order valence-corrected chi connectivity index (χ4v) is 2.53. The van der Waals surface area contributed by atoms with Gasteiger partial charge in [-0.3, -0.25) is 4.79 Å². The number of aromatic nitrogens is 1. The van der Waals surface area contributed by atoms with Crippen molar-refractivity contribution in [2.75, 3.05) is 5.32 Å². The highest BCUT2D eigenvalue weighted by Gasteiger charge is 2.34. The van der Waals surface area contributed by atoms with Gasteiger partial charge in [-0.15, -0.1) is 0 Å². The molecule has 0 aliphatic rings. The third kappa shape index (κ3) is 5.94. The van der Waals surface area contributed by atoms with Crippen molar-refractivity contribution in [3.05, 3.63) is 59.2 Å². The summed E-state index contributed by atoms with van der Waals surface area (Å²) in [5.41, 5.74) is 3.17. The zero-order valence-electron chi connectivity index (χ0n) is 17.4. The highest BCUT2D eigenvalue weighted by molar-refractivity contribution is 6.02. The van der Waals surface area contributed by atoms with E-state index in [-0.39, 0.29) is 16.9 Å². The lowest BCUT2D eigenvalue weighted by atomic mass is 9.94. The summed E-state index contributed by atoms with van der Waals surface area (Å²) in [6.45, 7) is 5.34. The van der Waals surface area contributed by atoms with Crippen molar-refractivity contribution in [2.45, 2.75) is 45.3 Å². The van der Waals surface area contributed by atoms with Gasteiger partial charge in [0.1, 0.15) is 17.6 Å². The third-order valence-corrected chi connectivity index (χ3v) is 4.29. The molecular weight excluding hydrogens is 411 g/mol. The molecule has 164 valence electrons. The summed E-state index contributed by atoms with van der Waals surface area (Å²) in [5, 5.41) is 11.4. The van der Waals surface area contributed by atoms with Crippen LogP contribution in [0.4, 0.5) is 18.9 Å². The summed E-state index contributed by atoms with van der Waals surface area (Å²) in [6.07, 6.45) is -1.55. The Morgan fingerprint density at radius 2 is 1.94 bits per heavy atom. The van der Waals surface area contributed by atoms with E-state index in [1.165, 1.54) is 44.3 Å². The van der Waals surface area contributed by atoms with Crippen molar-refractivity contribution in [1.29, 1.82) is 5.26 Å². The number of nitrogens with zero attached hydrogens (tertiary/aromatic N) is 3. The second-order valence-electron chi connectivity index (χ2n) is 7.71. The number of alkyl halides is 2. The molecule has 1 heterocycles. The number of carbonyl (C=O) groups excluding carboxylic acids is 1. The lowest BCUT2D eigenvalue weighted by Gasteiger charge is -2.27. The van der Waals surface area contributed by atoms with Crippen LogP contribution < -0.4 is 11.1 Å². The number of nitriles is 1.